The fraction of sp³-hybridized carbons (Fsp3) is 0.294. The van der Waals surface area contributed by atoms with Gasteiger partial charge < -0.3 is 10.6 Å². The van der Waals surface area contributed by atoms with Crippen LogP contribution in [0.15, 0.2) is 42.5 Å². The first kappa shape index (κ1) is 13.3. The van der Waals surface area contributed by atoms with Crippen molar-refractivity contribution >= 4 is 23.0 Å². The first-order valence-corrected chi connectivity index (χ1v) is 7.48. The molecule has 1 heterocycles. The number of hydrogen-bond donors (Lipinski definition) is 1. The van der Waals surface area contributed by atoms with Gasteiger partial charge in [-0.2, -0.15) is 0 Å². The molecule has 1 aliphatic heterocycles. The number of rotatable bonds is 4. The molecule has 2 N–H and O–H groups in total. The van der Waals surface area contributed by atoms with Crippen LogP contribution in [-0.2, 0) is 12.8 Å². The minimum Gasteiger partial charge on any atom is -0.398 e. The molecule has 1 aliphatic rings. The van der Waals surface area contributed by atoms with E-state index in [4.69, 9.17) is 17.3 Å². The summed E-state index contributed by atoms with van der Waals surface area (Å²) >= 11 is 5.94. The van der Waals surface area contributed by atoms with Crippen LogP contribution in [0, 0.1) is 0 Å². The quantitative estimate of drug-likeness (QED) is 0.863. The summed E-state index contributed by atoms with van der Waals surface area (Å²) in [5, 5.41) is 0.641. The van der Waals surface area contributed by atoms with Gasteiger partial charge in [0.05, 0.1) is 10.7 Å². The first-order valence-electron chi connectivity index (χ1n) is 7.11. The van der Waals surface area contributed by atoms with Crippen LogP contribution in [0.5, 0.6) is 0 Å². The molecule has 0 atom stereocenters. The number of para-hydroxylation sites is 1. The van der Waals surface area contributed by atoms with Crippen molar-refractivity contribution in [2.24, 2.45) is 0 Å². The van der Waals surface area contributed by atoms with Gasteiger partial charge in [0, 0.05) is 18.8 Å². The predicted octanol–water partition coefficient (Wildman–Crippen LogP) is 3.92. The topological polar surface area (TPSA) is 29.3 Å². The Morgan fingerprint density at radius 3 is 2.85 bits per heavy atom. The van der Waals surface area contributed by atoms with E-state index in [1.807, 2.05) is 12.1 Å². The standard InChI is InChI=1S/C17H19ClN2/c18-15-8-7-13(12-16(15)19)4-3-10-20-11-9-14-5-1-2-6-17(14)20/h1-2,5-8,12H,3-4,9-11,19H2. The van der Waals surface area contributed by atoms with Gasteiger partial charge in [0.2, 0.25) is 0 Å². The van der Waals surface area contributed by atoms with Crippen LogP contribution in [0.3, 0.4) is 0 Å². The molecule has 3 rings (SSSR count). The van der Waals surface area contributed by atoms with Crippen LogP contribution < -0.4 is 10.6 Å². The Bertz CT molecular complexity index is 610. The average molecular weight is 287 g/mol. The van der Waals surface area contributed by atoms with E-state index in [9.17, 15) is 0 Å². The zero-order chi connectivity index (χ0) is 13.9. The molecule has 0 aromatic heterocycles. The monoisotopic (exact) mass is 286 g/mol. The number of halogens is 1. The summed E-state index contributed by atoms with van der Waals surface area (Å²) in [6.45, 7) is 2.24. The minimum atomic E-state index is 0.641. The van der Waals surface area contributed by atoms with E-state index in [1.165, 1.54) is 23.2 Å². The van der Waals surface area contributed by atoms with Crippen LogP contribution in [0.1, 0.15) is 17.5 Å². The average Bonchev–Trinajstić information content (AvgIpc) is 2.86. The van der Waals surface area contributed by atoms with E-state index in [0.717, 1.165) is 25.9 Å². The maximum atomic E-state index is 5.94. The molecule has 0 aliphatic carbocycles. The van der Waals surface area contributed by atoms with Crippen molar-refractivity contribution in [1.29, 1.82) is 0 Å². The summed E-state index contributed by atoms with van der Waals surface area (Å²) in [6.07, 6.45) is 3.35. The van der Waals surface area contributed by atoms with E-state index < -0.39 is 0 Å². The highest BCUT2D eigenvalue weighted by Gasteiger charge is 2.17. The molecule has 0 unspecified atom stereocenters. The van der Waals surface area contributed by atoms with E-state index in [2.05, 4.69) is 35.2 Å². The van der Waals surface area contributed by atoms with Crippen LogP contribution in [-0.4, -0.2) is 13.1 Å². The lowest BCUT2D eigenvalue weighted by Gasteiger charge is -2.19. The Morgan fingerprint density at radius 2 is 2.00 bits per heavy atom. The highest BCUT2D eigenvalue weighted by Crippen LogP contribution is 2.27. The van der Waals surface area contributed by atoms with Gasteiger partial charge in [-0.25, -0.2) is 0 Å². The van der Waals surface area contributed by atoms with Gasteiger partial charge in [0.1, 0.15) is 0 Å². The van der Waals surface area contributed by atoms with Crippen molar-refractivity contribution < 1.29 is 0 Å². The van der Waals surface area contributed by atoms with E-state index in [1.54, 1.807) is 0 Å². The Morgan fingerprint density at radius 1 is 1.15 bits per heavy atom. The molecule has 0 spiro atoms. The molecule has 0 saturated heterocycles. The fourth-order valence-corrected chi connectivity index (χ4v) is 2.98. The lowest BCUT2D eigenvalue weighted by Crippen LogP contribution is -2.22. The molecule has 20 heavy (non-hydrogen) atoms. The number of benzene rings is 2. The third-order valence-electron chi connectivity index (χ3n) is 3.94. The Kier molecular flexibility index (Phi) is 3.83. The van der Waals surface area contributed by atoms with Gasteiger partial charge in [-0.1, -0.05) is 35.9 Å². The van der Waals surface area contributed by atoms with Crippen molar-refractivity contribution in [1.82, 2.24) is 0 Å². The number of aryl methyl sites for hydroxylation is 1. The number of nitrogens with zero attached hydrogens (tertiary/aromatic N) is 1. The summed E-state index contributed by atoms with van der Waals surface area (Å²) in [5.41, 5.74) is 10.7. The zero-order valence-corrected chi connectivity index (χ0v) is 12.2. The van der Waals surface area contributed by atoms with Gasteiger partial charge in [0.25, 0.3) is 0 Å². The van der Waals surface area contributed by atoms with Crippen molar-refractivity contribution in [3.63, 3.8) is 0 Å². The Balaban J connectivity index is 1.57. The lowest BCUT2D eigenvalue weighted by atomic mass is 10.1. The number of hydrogen-bond acceptors (Lipinski definition) is 2. The molecular weight excluding hydrogens is 268 g/mol. The maximum Gasteiger partial charge on any atom is 0.0635 e. The molecule has 0 fully saturated rings. The normalized spacial score (nSPS) is 13.6. The van der Waals surface area contributed by atoms with E-state index >= 15 is 0 Å². The first-order chi connectivity index (χ1) is 9.74. The van der Waals surface area contributed by atoms with Crippen molar-refractivity contribution in [2.75, 3.05) is 23.7 Å². The van der Waals surface area contributed by atoms with Gasteiger partial charge in [-0.3, -0.25) is 0 Å². The summed E-state index contributed by atoms with van der Waals surface area (Å²) in [6, 6.07) is 14.6. The smallest absolute Gasteiger partial charge is 0.0635 e. The van der Waals surface area contributed by atoms with Crippen LogP contribution >= 0.6 is 11.6 Å². The third-order valence-corrected chi connectivity index (χ3v) is 4.28. The largest absolute Gasteiger partial charge is 0.398 e. The number of fused-ring (bicyclic) bond motifs is 1. The second-order valence-electron chi connectivity index (χ2n) is 5.33. The summed E-state index contributed by atoms with van der Waals surface area (Å²) in [4.78, 5) is 2.48. The summed E-state index contributed by atoms with van der Waals surface area (Å²) in [5.74, 6) is 0. The Hall–Kier alpha value is -1.67. The number of nitrogen functional groups attached to an aromatic ring is 1. The maximum absolute atomic E-state index is 5.94. The third kappa shape index (κ3) is 2.75. The molecule has 104 valence electrons. The minimum absolute atomic E-state index is 0.641. The zero-order valence-electron chi connectivity index (χ0n) is 11.5. The molecule has 0 bridgehead atoms. The number of nitrogens with two attached hydrogens (primary N) is 1. The molecule has 0 radical (unpaired) electrons. The summed E-state index contributed by atoms with van der Waals surface area (Å²) in [7, 11) is 0. The molecule has 3 heteroatoms. The molecule has 2 aromatic carbocycles. The highest BCUT2D eigenvalue weighted by atomic mass is 35.5. The SMILES string of the molecule is Nc1cc(CCCN2CCc3ccccc32)ccc1Cl. The van der Waals surface area contributed by atoms with Crippen molar-refractivity contribution in [3.05, 3.63) is 58.6 Å². The molecular formula is C17H19ClN2. The Labute approximate surface area is 125 Å². The number of anilines is 2. The van der Waals surface area contributed by atoms with E-state index in [-0.39, 0.29) is 0 Å². The molecule has 2 nitrogen and oxygen atoms in total. The van der Waals surface area contributed by atoms with Crippen LogP contribution in [0.4, 0.5) is 11.4 Å². The summed E-state index contributed by atoms with van der Waals surface area (Å²) < 4.78 is 0. The van der Waals surface area contributed by atoms with Gasteiger partial charge in [0.15, 0.2) is 0 Å². The fourth-order valence-electron chi connectivity index (χ4n) is 2.86. The van der Waals surface area contributed by atoms with Gasteiger partial charge >= 0.3 is 0 Å². The lowest BCUT2D eigenvalue weighted by molar-refractivity contribution is 0.751. The highest BCUT2D eigenvalue weighted by molar-refractivity contribution is 6.33. The second kappa shape index (κ2) is 5.76. The van der Waals surface area contributed by atoms with Crippen molar-refractivity contribution in [2.45, 2.75) is 19.3 Å². The van der Waals surface area contributed by atoms with Crippen LogP contribution in [0.2, 0.25) is 5.02 Å². The van der Waals surface area contributed by atoms with Gasteiger partial charge in [-0.05, 0) is 48.6 Å². The van der Waals surface area contributed by atoms with Crippen LogP contribution in [0.25, 0.3) is 0 Å². The van der Waals surface area contributed by atoms with Gasteiger partial charge in [-0.15, -0.1) is 0 Å². The second-order valence-corrected chi connectivity index (χ2v) is 5.73. The molecule has 0 saturated carbocycles. The van der Waals surface area contributed by atoms with E-state index in [0.29, 0.717) is 10.7 Å². The van der Waals surface area contributed by atoms with Crippen molar-refractivity contribution in [3.8, 4) is 0 Å². The molecule has 0 amide bonds. The molecule has 2 aromatic rings. The predicted molar refractivity (Wildman–Crippen MR) is 86.5 cm³/mol.